The molecule has 1 saturated heterocycles. The Morgan fingerprint density at radius 1 is 1.24 bits per heavy atom. The van der Waals surface area contributed by atoms with E-state index in [1.54, 1.807) is 0 Å². The summed E-state index contributed by atoms with van der Waals surface area (Å²) in [6.07, 6.45) is 6.25. The molecule has 1 aliphatic carbocycles. The largest absolute Gasteiger partial charge is 0.481 e. The van der Waals surface area contributed by atoms with Crippen molar-refractivity contribution in [2.45, 2.75) is 50.6 Å². The highest BCUT2D eigenvalue weighted by Crippen LogP contribution is 2.19. The molecule has 0 aromatic carbocycles. The van der Waals surface area contributed by atoms with Crippen LogP contribution in [0.4, 0.5) is 0 Å². The summed E-state index contributed by atoms with van der Waals surface area (Å²) in [5.74, 6) is -1.24. The Kier molecular flexibility index (Phi) is 5.99. The average molecular weight is 298 g/mol. The van der Waals surface area contributed by atoms with Crippen LogP contribution in [0.5, 0.6) is 0 Å². The molecule has 1 saturated carbocycles. The minimum atomic E-state index is -0.823. The van der Waals surface area contributed by atoms with E-state index in [-0.39, 0.29) is 18.6 Å². The molecule has 2 aliphatic rings. The third-order valence-corrected chi connectivity index (χ3v) is 4.60. The predicted octanol–water partition coefficient (Wildman–Crippen LogP) is 0.857. The lowest BCUT2D eigenvalue weighted by atomic mass is 9.95. The fourth-order valence-corrected chi connectivity index (χ4v) is 3.20. The first-order chi connectivity index (χ1) is 10.1. The van der Waals surface area contributed by atoms with Crippen molar-refractivity contribution < 1.29 is 19.4 Å². The molecule has 2 N–H and O–H groups in total. The summed E-state index contributed by atoms with van der Waals surface area (Å²) in [6, 6.07) is 0.197. The Balaban J connectivity index is 1.71. The fraction of sp³-hybridized carbons (Fsp3) is 0.867. The second-order valence-corrected chi connectivity index (χ2v) is 6.18. The Labute approximate surface area is 125 Å². The van der Waals surface area contributed by atoms with E-state index in [9.17, 15) is 9.59 Å². The van der Waals surface area contributed by atoms with Crippen LogP contribution in [0, 0.1) is 5.92 Å². The molecule has 2 unspecified atom stereocenters. The Morgan fingerprint density at radius 3 is 2.62 bits per heavy atom. The molecular formula is C15H26N2O4. The average Bonchev–Trinajstić information content (AvgIpc) is 2.95. The number of carbonyl (C=O) groups excluding carboxylic acids is 1. The first kappa shape index (κ1) is 16.2. The SMILES string of the molecule is CN(CCC(=O)NC1CCCCC1)C1COCC1C(=O)O. The van der Waals surface area contributed by atoms with Gasteiger partial charge >= 0.3 is 5.97 Å². The standard InChI is InChI=1S/C15H26N2O4/c1-17(13-10-21-9-12(13)15(19)20)8-7-14(18)16-11-5-3-2-4-6-11/h11-13H,2-10H2,1H3,(H,16,18)(H,19,20). The van der Waals surface area contributed by atoms with Gasteiger partial charge in [-0.1, -0.05) is 19.3 Å². The van der Waals surface area contributed by atoms with E-state index in [2.05, 4.69) is 5.32 Å². The summed E-state index contributed by atoms with van der Waals surface area (Å²) in [7, 11) is 1.86. The van der Waals surface area contributed by atoms with Gasteiger partial charge in [0.05, 0.1) is 19.1 Å². The van der Waals surface area contributed by atoms with Gasteiger partial charge in [0, 0.05) is 25.0 Å². The molecule has 0 spiro atoms. The minimum Gasteiger partial charge on any atom is -0.481 e. The molecule has 0 aromatic rings. The maximum Gasteiger partial charge on any atom is 0.310 e. The van der Waals surface area contributed by atoms with Crippen LogP contribution < -0.4 is 5.32 Å². The van der Waals surface area contributed by atoms with Crippen LogP contribution in [0.3, 0.4) is 0 Å². The third-order valence-electron chi connectivity index (χ3n) is 4.60. The zero-order valence-corrected chi connectivity index (χ0v) is 12.7. The number of amides is 1. The van der Waals surface area contributed by atoms with Crippen LogP contribution in [0.15, 0.2) is 0 Å². The number of carboxylic acid groups (broad SMARTS) is 1. The molecule has 6 heteroatoms. The normalized spacial score (nSPS) is 27.0. The lowest BCUT2D eigenvalue weighted by molar-refractivity contribution is -0.143. The Hall–Kier alpha value is -1.14. The van der Waals surface area contributed by atoms with E-state index < -0.39 is 11.9 Å². The van der Waals surface area contributed by atoms with Crippen molar-refractivity contribution in [3.8, 4) is 0 Å². The molecule has 6 nitrogen and oxygen atoms in total. The van der Waals surface area contributed by atoms with Gasteiger partial charge in [0.1, 0.15) is 0 Å². The van der Waals surface area contributed by atoms with Crippen molar-refractivity contribution in [2.24, 2.45) is 5.92 Å². The zero-order chi connectivity index (χ0) is 15.2. The minimum absolute atomic E-state index is 0.0690. The van der Waals surface area contributed by atoms with Crippen molar-refractivity contribution in [3.05, 3.63) is 0 Å². The van der Waals surface area contributed by atoms with Gasteiger partial charge in [0.25, 0.3) is 0 Å². The molecule has 1 aliphatic heterocycles. The maximum atomic E-state index is 12.0. The third kappa shape index (κ3) is 4.68. The van der Waals surface area contributed by atoms with Crippen molar-refractivity contribution in [1.29, 1.82) is 0 Å². The van der Waals surface area contributed by atoms with Gasteiger partial charge in [-0.25, -0.2) is 0 Å². The van der Waals surface area contributed by atoms with Crippen molar-refractivity contribution >= 4 is 11.9 Å². The second-order valence-electron chi connectivity index (χ2n) is 6.18. The van der Waals surface area contributed by atoms with Gasteiger partial charge in [0.2, 0.25) is 5.91 Å². The lowest BCUT2D eigenvalue weighted by Crippen LogP contribution is -2.43. The van der Waals surface area contributed by atoms with Crippen molar-refractivity contribution in [1.82, 2.24) is 10.2 Å². The van der Waals surface area contributed by atoms with Crippen LogP contribution >= 0.6 is 0 Å². The molecular weight excluding hydrogens is 272 g/mol. The fourth-order valence-electron chi connectivity index (χ4n) is 3.20. The van der Waals surface area contributed by atoms with Gasteiger partial charge in [0.15, 0.2) is 0 Å². The van der Waals surface area contributed by atoms with Crippen molar-refractivity contribution in [2.75, 3.05) is 26.8 Å². The smallest absolute Gasteiger partial charge is 0.310 e. The number of likely N-dealkylation sites (N-methyl/N-ethyl adjacent to an activating group) is 1. The molecule has 2 atom stereocenters. The first-order valence-corrected chi connectivity index (χ1v) is 7.88. The molecule has 2 fully saturated rings. The number of carboxylic acids is 1. The number of nitrogens with one attached hydrogen (secondary N) is 1. The molecule has 2 rings (SSSR count). The molecule has 0 aromatic heterocycles. The lowest BCUT2D eigenvalue weighted by Gasteiger charge is -2.27. The van der Waals surface area contributed by atoms with E-state index in [0.717, 1.165) is 12.8 Å². The molecule has 120 valence electrons. The first-order valence-electron chi connectivity index (χ1n) is 7.88. The highest BCUT2D eigenvalue weighted by Gasteiger charge is 2.36. The molecule has 1 heterocycles. The molecule has 0 bridgehead atoms. The van der Waals surface area contributed by atoms with Gasteiger partial charge in [-0.3, -0.25) is 14.5 Å². The zero-order valence-electron chi connectivity index (χ0n) is 12.7. The van der Waals surface area contributed by atoms with Gasteiger partial charge in [-0.15, -0.1) is 0 Å². The quantitative estimate of drug-likeness (QED) is 0.760. The molecule has 0 radical (unpaired) electrons. The molecule has 21 heavy (non-hydrogen) atoms. The van der Waals surface area contributed by atoms with Gasteiger partial charge < -0.3 is 15.2 Å². The highest BCUT2D eigenvalue weighted by atomic mass is 16.5. The summed E-state index contributed by atoms with van der Waals surface area (Å²) in [5.41, 5.74) is 0. The topological polar surface area (TPSA) is 78.9 Å². The van der Waals surface area contributed by atoms with Crippen LogP contribution in [-0.2, 0) is 14.3 Å². The summed E-state index contributed by atoms with van der Waals surface area (Å²) in [5, 5.41) is 12.2. The monoisotopic (exact) mass is 298 g/mol. The number of carbonyl (C=O) groups is 2. The van der Waals surface area contributed by atoms with E-state index >= 15 is 0 Å². The number of nitrogens with zero attached hydrogens (tertiary/aromatic N) is 1. The summed E-state index contributed by atoms with van der Waals surface area (Å²) in [4.78, 5) is 25.0. The van der Waals surface area contributed by atoms with E-state index in [0.29, 0.717) is 25.6 Å². The predicted molar refractivity (Wildman–Crippen MR) is 78.0 cm³/mol. The number of ether oxygens (including phenoxy) is 1. The molecule has 1 amide bonds. The van der Waals surface area contributed by atoms with E-state index in [4.69, 9.17) is 9.84 Å². The number of aliphatic carboxylic acids is 1. The number of hydrogen-bond donors (Lipinski definition) is 2. The van der Waals surface area contributed by atoms with Crippen LogP contribution in [0.1, 0.15) is 38.5 Å². The van der Waals surface area contributed by atoms with E-state index in [1.807, 2.05) is 11.9 Å². The number of rotatable bonds is 6. The maximum absolute atomic E-state index is 12.0. The number of hydrogen-bond acceptors (Lipinski definition) is 4. The summed E-state index contributed by atoms with van der Waals surface area (Å²) in [6.45, 7) is 1.26. The van der Waals surface area contributed by atoms with Crippen LogP contribution in [0.2, 0.25) is 0 Å². The van der Waals surface area contributed by atoms with Crippen LogP contribution in [-0.4, -0.2) is 60.8 Å². The summed E-state index contributed by atoms with van der Waals surface area (Å²) >= 11 is 0. The summed E-state index contributed by atoms with van der Waals surface area (Å²) < 4.78 is 5.26. The Bertz CT molecular complexity index is 369. The Morgan fingerprint density at radius 2 is 1.95 bits per heavy atom. The van der Waals surface area contributed by atoms with Gasteiger partial charge in [-0.05, 0) is 19.9 Å². The van der Waals surface area contributed by atoms with Gasteiger partial charge in [-0.2, -0.15) is 0 Å². The van der Waals surface area contributed by atoms with Crippen molar-refractivity contribution in [3.63, 3.8) is 0 Å². The van der Waals surface area contributed by atoms with Crippen LogP contribution in [0.25, 0.3) is 0 Å². The van der Waals surface area contributed by atoms with E-state index in [1.165, 1.54) is 19.3 Å². The second kappa shape index (κ2) is 7.75. The highest BCUT2D eigenvalue weighted by molar-refractivity contribution is 5.76.